The molecule has 0 atom stereocenters. The molecule has 1 N–H and O–H groups in total. The zero-order valence-electron chi connectivity index (χ0n) is 14.9. The van der Waals surface area contributed by atoms with Crippen LogP contribution >= 0.6 is 0 Å². The van der Waals surface area contributed by atoms with Gasteiger partial charge in [0.25, 0.3) is 11.1 Å². The Labute approximate surface area is 154 Å². The van der Waals surface area contributed by atoms with E-state index in [1.165, 1.54) is 10.9 Å². The highest BCUT2D eigenvalue weighted by molar-refractivity contribution is 5.77. The molecule has 1 aliphatic rings. The first-order valence-electron chi connectivity index (χ1n) is 8.83. The number of hydrogen-bond acceptors (Lipinski definition) is 5. The third-order valence-corrected chi connectivity index (χ3v) is 4.84. The number of benzene rings is 1. The Kier molecular flexibility index (Phi) is 4.31. The number of para-hydroxylation sites is 1. The molecule has 1 aliphatic heterocycles. The van der Waals surface area contributed by atoms with Crippen molar-refractivity contribution in [1.82, 2.24) is 24.4 Å². The van der Waals surface area contributed by atoms with Crippen LogP contribution in [0.4, 0.5) is 0 Å². The summed E-state index contributed by atoms with van der Waals surface area (Å²) in [7, 11) is 0. The number of nitrogens with one attached hydrogen (secondary N) is 1. The number of rotatable bonds is 3. The summed E-state index contributed by atoms with van der Waals surface area (Å²) in [6, 6.07) is 7.14. The lowest BCUT2D eigenvalue weighted by molar-refractivity contribution is -0.132. The molecular weight excluding hydrogens is 346 g/mol. The molecule has 0 unspecified atom stereocenters. The largest absolute Gasteiger partial charge is 0.336 e. The lowest BCUT2D eigenvalue weighted by Crippen LogP contribution is -2.39. The number of hydrogen-bond donors (Lipinski definition) is 1. The molecule has 4 rings (SSSR count). The fourth-order valence-electron chi connectivity index (χ4n) is 3.42. The van der Waals surface area contributed by atoms with Gasteiger partial charge in [-0.1, -0.05) is 12.1 Å². The standard InChI is InChI=1S/C19H19N5O3/c1-12-21-16-10-23(8-6-13(16)18(26)22-12)17(25)7-9-24-11-20-15-5-3-2-4-14(15)19(24)27/h2-5,11H,6-10H2,1H3,(H,21,22,26). The average Bonchev–Trinajstić information content (AvgIpc) is 2.67. The minimum atomic E-state index is -0.152. The second-order valence-electron chi connectivity index (χ2n) is 6.65. The molecule has 0 fully saturated rings. The molecule has 0 saturated carbocycles. The Morgan fingerprint density at radius 2 is 2.07 bits per heavy atom. The third-order valence-electron chi connectivity index (χ3n) is 4.84. The maximum Gasteiger partial charge on any atom is 0.261 e. The zero-order valence-corrected chi connectivity index (χ0v) is 14.9. The molecule has 3 heterocycles. The van der Waals surface area contributed by atoms with Crippen molar-refractivity contribution >= 4 is 16.8 Å². The van der Waals surface area contributed by atoms with Crippen molar-refractivity contribution in [2.24, 2.45) is 0 Å². The number of carbonyl (C=O) groups is 1. The lowest BCUT2D eigenvalue weighted by Gasteiger charge is -2.27. The first-order valence-corrected chi connectivity index (χ1v) is 8.83. The van der Waals surface area contributed by atoms with Crippen LogP contribution in [0.15, 0.2) is 40.2 Å². The highest BCUT2D eigenvalue weighted by Gasteiger charge is 2.23. The van der Waals surface area contributed by atoms with E-state index in [0.29, 0.717) is 47.5 Å². The van der Waals surface area contributed by atoms with E-state index in [2.05, 4.69) is 15.0 Å². The molecule has 0 bridgehead atoms. The van der Waals surface area contributed by atoms with Gasteiger partial charge in [-0.15, -0.1) is 0 Å². The Bertz CT molecular complexity index is 1150. The molecule has 8 heteroatoms. The zero-order chi connectivity index (χ0) is 19.0. The summed E-state index contributed by atoms with van der Waals surface area (Å²) in [6.07, 6.45) is 2.16. The second-order valence-corrected chi connectivity index (χ2v) is 6.65. The summed E-state index contributed by atoms with van der Waals surface area (Å²) in [5, 5.41) is 0.540. The lowest BCUT2D eigenvalue weighted by atomic mass is 10.1. The van der Waals surface area contributed by atoms with Crippen molar-refractivity contribution in [3.8, 4) is 0 Å². The quantitative estimate of drug-likeness (QED) is 0.739. The maximum absolute atomic E-state index is 12.6. The molecule has 138 valence electrons. The Morgan fingerprint density at radius 3 is 2.93 bits per heavy atom. The van der Waals surface area contributed by atoms with Gasteiger partial charge in [0.05, 0.1) is 29.5 Å². The van der Waals surface area contributed by atoms with Crippen LogP contribution < -0.4 is 11.1 Å². The highest BCUT2D eigenvalue weighted by atomic mass is 16.2. The van der Waals surface area contributed by atoms with Gasteiger partial charge < -0.3 is 9.88 Å². The van der Waals surface area contributed by atoms with Crippen molar-refractivity contribution in [3.05, 3.63) is 68.4 Å². The second kappa shape index (κ2) is 6.79. The van der Waals surface area contributed by atoms with Gasteiger partial charge in [-0.05, 0) is 25.5 Å². The first-order chi connectivity index (χ1) is 13.0. The molecule has 8 nitrogen and oxygen atoms in total. The molecule has 0 spiro atoms. The summed E-state index contributed by atoms with van der Waals surface area (Å²) in [5.74, 6) is 0.474. The third kappa shape index (κ3) is 3.25. The SMILES string of the molecule is Cc1nc2c(c(=O)[nH]1)CCN(C(=O)CCn1cnc3ccccc3c1=O)C2. The molecule has 2 aromatic heterocycles. The van der Waals surface area contributed by atoms with E-state index < -0.39 is 0 Å². The Balaban J connectivity index is 1.48. The number of fused-ring (bicyclic) bond motifs is 2. The van der Waals surface area contributed by atoms with Gasteiger partial charge in [0, 0.05) is 25.1 Å². The fraction of sp³-hybridized carbons (Fsp3) is 0.316. The van der Waals surface area contributed by atoms with Crippen LogP contribution in [0.1, 0.15) is 23.5 Å². The summed E-state index contributed by atoms with van der Waals surface area (Å²) < 4.78 is 1.46. The van der Waals surface area contributed by atoms with Crippen LogP contribution in [0.25, 0.3) is 10.9 Å². The van der Waals surface area contributed by atoms with Gasteiger partial charge in [-0.25, -0.2) is 9.97 Å². The highest BCUT2D eigenvalue weighted by Crippen LogP contribution is 2.15. The normalized spacial score (nSPS) is 13.6. The predicted octanol–water partition coefficient (Wildman–Crippen LogP) is 0.763. The van der Waals surface area contributed by atoms with E-state index in [9.17, 15) is 14.4 Å². The van der Waals surface area contributed by atoms with Crippen LogP contribution in [0.2, 0.25) is 0 Å². The van der Waals surface area contributed by atoms with Crippen molar-refractivity contribution in [2.45, 2.75) is 32.9 Å². The number of aryl methyl sites for hydroxylation is 2. The number of aromatic nitrogens is 4. The van der Waals surface area contributed by atoms with E-state index in [-0.39, 0.29) is 30.0 Å². The van der Waals surface area contributed by atoms with Crippen LogP contribution in [0.3, 0.4) is 0 Å². The summed E-state index contributed by atoms with van der Waals surface area (Å²) in [5.41, 5.74) is 1.67. The minimum Gasteiger partial charge on any atom is -0.336 e. The number of nitrogens with zero attached hydrogens (tertiary/aromatic N) is 4. The Hall–Kier alpha value is -3.29. The molecule has 27 heavy (non-hydrogen) atoms. The van der Waals surface area contributed by atoms with Gasteiger partial charge in [0.2, 0.25) is 5.91 Å². The van der Waals surface area contributed by atoms with Gasteiger partial charge >= 0.3 is 0 Å². The number of H-pyrrole nitrogens is 1. The van der Waals surface area contributed by atoms with Crippen LogP contribution in [0, 0.1) is 6.92 Å². The van der Waals surface area contributed by atoms with Crippen LogP contribution in [-0.4, -0.2) is 36.9 Å². The van der Waals surface area contributed by atoms with E-state index >= 15 is 0 Å². The number of aromatic amines is 1. The average molecular weight is 365 g/mol. The van der Waals surface area contributed by atoms with Crippen LogP contribution in [-0.2, 0) is 24.3 Å². The predicted molar refractivity (Wildman–Crippen MR) is 99.3 cm³/mol. The van der Waals surface area contributed by atoms with Crippen molar-refractivity contribution in [2.75, 3.05) is 6.54 Å². The van der Waals surface area contributed by atoms with Gasteiger partial charge in [0.1, 0.15) is 5.82 Å². The molecular formula is C19H19N5O3. The van der Waals surface area contributed by atoms with Gasteiger partial charge in [-0.2, -0.15) is 0 Å². The molecule has 0 aliphatic carbocycles. The van der Waals surface area contributed by atoms with E-state index in [1.54, 1.807) is 30.0 Å². The molecule has 0 radical (unpaired) electrons. The van der Waals surface area contributed by atoms with E-state index in [0.717, 1.165) is 0 Å². The molecule has 1 amide bonds. The summed E-state index contributed by atoms with van der Waals surface area (Å²) in [4.78, 5) is 50.1. The van der Waals surface area contributed by atoms with Crippen molar-refractivity contribution in [1.29, 1.82) is 0 Å². The maximum atomic E-state index is 12.6. The van der Waals surface area contributed by atoms with E-state index in [1.807, 2.05) is 6.07 Å². The van der Waals surface area contributed by atoms with Crippen molar-refractivity contribution in [3.63, 3.8) is 0 Å². The van der Waals surface area contributed by atoms with Crippen LogP contribution in [0.5, 0.6) is 0 Å². The van der Waals surface area contributed by atoms with E-state index in [4.69, 9.17) is 0 Å². The molecule has 0 saturated heterocycles. The number of amides is 1. The smallest absolute Gasteiger partial charge is 0.261 e. The van der Waals surface area contributed by atoms with Gasteiger partial charge in [-0.3, -0.25) is 19.0 Å². The summed E-state index contributed by atoms with van der Waals surface area (Å²) in [6.45, 7) is 2.79. The topological polar surface area (TPSA) is 101 Å². The van der Waals surface area contributed by atoms with Gasteiger partial charge in [0.15, 0.2) is 0 Å². The summed E-state index contributed by atoms with van der Waals surface area (Å²) >= 11 is 0. The monoisotopic (exact) mass is 365 g/mol. The fourth-order valence-corrected chi connectivity index (χ4v) is 3.42. The Morgan fingerprint density at radius 1 is 1.26 bits per heavy atom. The molecule has 1 aromatic carbocycles. The minimum absolute atomic E-state index is 0.0690. The van der Waals surface area contributed by atoms with Crippen molar-refractivity contribution < 1.29 is 4.79 Å². The number of carbonyl (C=O) groups excluding carboxylic acids is 1. The first kappa shape index (κ1) is 17.1. The molecule has 3 aromatic rings.